The fourth-order valence-electron chi connectivity index (χ4n) is 0.643. The van der Waals surface area contributed by atoms with Crippen LogP contribution in [0.15, 0.2) is 4.42 Å². The second-order valence-corrected chi connectivity index (χ2v) is 1.97. The van der Waals surface area contributed by atoms with Gasteiger partial charge >= 0.3 is 11.9 Å². The zero-order valence-corrected chi connectivity index (χ0v) is 5.80. The van der Waals surface area contributed by atoms with Gasteiger partial charge in [0.05, 0.1) is 5.69 Å². The maximum absolute atomic E-state index is 11.9. The topological polar surface area (TPSA) is 63.3 Å². The molecule has 0 aliphatic carbocycles. The van der Waals surface area contributed by atoms with Gasteiger partial charge in [-0.2, -0.15) is 0 Å². The van der Waals surface area contributed by atoms with Crippen molar-refractivity contribution in [1.82, 2.24) is 4.98 Å². The molecule has 0 aliphatic rings. The van der Waals surface area contributed by atoms with Gasteiger partial charge in [-0.25, -0.2) is 14.2 Å². The number of nitrogens with zero attached hydrogens (tertiary/aromatic N) is 1. The Morgan fingerprint density at radius 2 is 2.45 bits per heavy atom. The number of carboxylic acids is 1. The first-order chi connectivity index (χ1) is 5.15. The molecule has 11 heavy (non-hydrogen) atoms. The number of carboxylic acid groups (broad SMARTS) is 1. The third kappa shape index (κ3) is 1.36. The fourth-order valence-corrected chi connectivity index (χ4v) is 0.643. The quantitative estimate of drug-likeness (QED) is 0.702. The SMILES string of the molecule is Cc1nc(C(=O)O)oc1CF. The largest absolute Gasteiger partial charge is 0.474 e. The Morgan fingerprint density at radius 3 is 2.73 bits per heavy atom. The highest BCUT2D eigenvalue weighted by Crippen LogP contribution is 2.10. The molecule has 0 aromatic carbocycles. The summed E-state index contributed by atoms with van der Waals surface area (Å²) in [5.41, 5.74) is 0.282. The van der Waals surface area contributed by atoms with E-state index in [1.807, 2.05) is 0 Å². The van der Waals surface area contributed by atoms with E-state index in [1.165, 1.54) is 6.92 Å². The van der Waals surface area contributed by atoms with E-state index < -0.39 is 18.5 Å². The molecule has 0 aliphatic heterocycles. The number of alkyl halides is 1. The van der Waals surface area contributed by atoms with Crippen molar-refractivity contribution < 1.29 is 18.7 Å². The summed E-state index contributed by atoms with van der Waals surface area (Å²) in [4.78, 5) is 13.7. The van der Waals surface area contributed by atoms with E-state index >= 15 is 0 Å². The van der Waals surface area contributed by atoms with Crippen molar-refractivity contribution in [3.8, 4) is 0 Å². The number of rotatable bonds is 2. The van der Waals surface area contributed by atoms with Crippen molar-refractivity contribution in [2.75, 3.05) is 0 Å². The van der Waals surface area contributed by atoms with E-state index in [1.54, 1.807) is 0 Å². The van der Waals surface area contributed by atoms with E-state index in [0.717, 1.165) is 0 Å². The van der Waals surface area contributed by atoms with Gasteiger partial charge in [-0.1, -0.05) is 0 Å². The van der Waals surface area contributed by atoms with Gasteiger partial charge in [0.2, 0.25) is 0 Å². The summed E-state index contributed by atoms with van der Waals surface area (Å²) in [5, 5.41) is 8.34. The number of aromatic nitrogens is 1. The minimum absolute atomic E-state index is 0.0256. The van der Waals surface area contributed by atoms with Gasteiger partial charge < -0.3 is 9.52 Å². The molecule has 1 aromatic rings. The van der Waals surface area contributed by atoms with Crippen molar-refractivity contribution in [3.05, 3.63) is 17.3 Å². The summed E-state index contributed by atoms with van der Waals surface area (Å²) < 4.78 is 16.5. The van der Waals surface area contributed by atoms with E-state index in [9.17, 15) is 9.18 Å². The van der Waals surface area contributed by atoms with Crippen LogP contribution >= 0.6 is 0 Å². The number of oxazole rings is 1. The van der Waals surface area contributed by atoms with Crippen molar-refractivity contribution in [2.24, 2.45) is 0 Å². The minimum Gasteiger partial charge on any atom is -0.474 e. The zero-order chi connectivity index (χ0) is 8.43. The predicted molar refractivity (Wildman–Crippen MR) is 33.0 cm³/mol. The number of hydrogen-bond acceptors (Lipinski definition) is 3. The van der Waals surface area contributed by atoms with Gasteiger partial charge in [0.25, 0.3) is 0 Å². The molecule has 0 radical (unpaired) electrons. The lowest BCUT2D eigenvalue weighted by Gasteiger charge is -1.83. The third-order valence-corrected chi connectivity index (χ3v) is 1.20. The highest BCUT2D eigenvalue weighted by atomic mass is 19.1. The summed E-state index contributed by atoms with van der Waals surface area (Å²) in [6, 6.07) is 0. The second-order valence-electron chi connectivity index (χ2n) is 1.97. The van der Waals surface area contributed by atoms with Crippen molar-refractivity contribution >= 4 is 5.97 Å². The minimum atomic E-state index is -1.28. The average Bonchev–Trinajstić information content (AvgIpc) is 2.31. The Balaban J connectivity index is 3.05. The van der Waals surface area contributed by atoms with E-state index in [0.29, 0.717) is 0 Å². The molecular formula is C6H6FNO3. The molecule has 0 amide bonds. The van der Waals surface area contributed by atoms with Crippen LogP contribution in [-0.2, 0) is 6.67 Å². The molecule has 1 heterocycles. The zero-order valence-electron chi connectivity index (χ0n) is 5.80. The van der Waals surface area contributed by atoms with Crippen LogP contribution < -0.4 is 0 Å². The molecule has 0 fully saturated rings. The average molecular weight is 159 g/mol. The molecule has 1 N–H and O–H groups in total. The normalized spacial score (nSPS) is 10.0. The molecule has 0 saturated carbocycles. The molecule has 0 bridgehead atoms. The first kappa shape index (κ1) is 7.71. The summed E-state index contributed by atoms with van der Waals surface area (Å²) in [6.07, 6.45) is 0. The van der Waals surface area contributed by atoms with Gasteiger partial charge in [-0.3, -0.25) is 0 Å². The van der Waals surface area contributed by atoms with Gasteiger partial charge in [-0.05, 0) is 6.92 Å². The molecule has 60 valence electrons. The maximum Gasteiger partial charge on any atom is 0.392 e. The highest BCUT2D eigenvalue weighted by molar-refractivity contribution is 5.82. The van der Waals surface area contributed by atoms with Crippen LogP contribution in [0.4, 0.5) is 4.39 Å². The first-order valence-corrected chi connectivity index (χ1v) is 2.90. The van der Waals surface area contributed by atoms with E-state index in [-0.39, 0.29) is 11.5 Å². The lowest BCUT2D eigenvalue weighted by molar-refractivity contribution is 0.0650. The Morgan fingerprint density at radius 1 is 1.82 bits per heavy atom. The van der Waals surface area contributed by atoms with Crippen molar-refractivity contribution in [3.63, 3.8) is 0 Å². The monoisotopic (exact) mass is 159 g/mol. The third-order valence-electron chi connectivity index (χ3n) is 1.20. The van der Waals surface area contributed by atoms with Crippen LogP contribution in [0.5, 0.6) is 0 Å². The number of aryl methyl sites for hydroxylation is 1. The van der Waals surface area contributed by atoms with Gasteiger partial charge in [0.1, 0.15) is 6.67 Å². The molecule has 0 unspecified atom stereocenters. The van der Waals surface area contributed by atoms with Crippen LogP contribution in [-0.4, -0.2) is 16.1 Å². The number of halogens is 1. The fraction of sp³-hybridized carbons (Fsp3) is 0.333. The Kier molecular flexibility index (Phi) is 1.89. The van der Waals surface area contributed by atoms with Gasteiger partial charge in [-0.15, -0.1) is 0 Å². The molecule has 5 heteroatoms. The molecule has 0 atom stereocenters. The summed E-state index contributed by atoms with van der Waals surface area (Å²) in [6.45, 7) is 0.664. The van der Waals surface area contributed by atoms with E-state index in [4.69, 9.17) is 5.11 Å². The number of aromatic carboxylic acids is 1. The Hall–Kier alpha value is -1.39. The number of hydrogen-bond donors (Lipinski definition) is 1. The van der Waals surface area contributed by atoms with Crippen LogP contribution in [0.3, 0.4) is 0 Å². The summed E-state index contributed by atoms with van der Waals surface area (Å²) >= 11 is 0. The number of carbonyl (C=O) groups is 1. The van der Waals surface area contributed by atoms with Crippen LogP contribution in [0.2, 0.25) is 0 Å². The first-order valence-electron chi connectivity index (χ1n) is 2.90. The van der Waals surface area contributed by atoms with Crippen LogP contribution in [0, 0.1) is 6.92 Å². The highest BCUT2D eigenvalue weighted by Gasteiger charge is 2.14. The summed E-state index contributed by atoms with van der Waals surface area (Å²) in [5.74, 6) is -1.77. The van der Waals surface area contributed by atoms with Gasteiger partial charge in [0, 0.05) is 0 Å². The molecule has 0 saturated heterocycles. The molecule has 4 nitrogen and oxygen atoms in total. The Bertz CT molecular complexity index is 281. The second kappa shape index (κ2) is 2.69. The van der Waals surface area contributed by atoms with Crippen LogP contribution in [0.1, 0.15) is 22.1 Å². The molecule has 0 spiro atoms. The van der Waals surface area contributed by atoms with Gasteiger partial charge in [0.15, 0.2) is 5.76 Å². The van der Waals surface area contributed by atoms with E-state index in [2.05, 4.69) is 9.40 Å². The molecule has 1 rings (SSSR count). The molecular weight excluding hydrogens is 153 g/mol. The smallest absolute Gasteiger partial charge is 0.392 e. The van der Waals surface area contributed by atoms with Crippen LogP contribution in [0.25, 0.3) is 0 Å². The summed E-state index contributed by atoms with van der Waals surface area (Å²) in [7, 11) is 0. The lowest BCUT2D eigenvalue weighted by Crippen LogP contribution is -1.95. The predicted octanol–water partition coefficient (Wildman–Crippen LogP) is 1.15. The maximum atomic E-state index is 11.9. The molecule has 1 aromatic heterocycles. The standard InChI is InChI=1S/C6H6FNO3/c1-3-4(2-7)11-5(8-3)6(9)10/h2H2,1H3,(H,9,10). The van der Waals surface area contributed by atoms with Crippen molar-refractivity contribution in [1.29, 1.82) is 0 Å². The van der Waals surface area contributed by atoms with Crippen molar-refractivity contribution in [2.45, 2.75) is 13.6 Å². The Labute approximate surface area is 61.7 Å². The lowest BCUT2D eigenvalue weighted by atomic mass is 10.4.